The third kappa shape index (κ3) is 4.02. The van der Waals surface area contributed by atoms with Gasteiger partial charge >= 0.3 is 0 Å². The molecule has 154 valence electrons. The van der Waals surface area contributed by atoms with Crippen molar-refractivity contribution in [2.45, 2.75) is 35.0 Å². The summed E-state index contributed by atoms with van der Waals surface area (Å²) in [5, 5.41) is 0. The number of para-hydroxylation sites is 1. The van der Waals surface area contributed by atoms with Crippen LogP contribution in [-0.4, -0.2) is 38.9 Å². The van der Waals surface area contributed by atoms with Crippen molar-refractivity contribution < 1.29 is 13.2 Å². The first-order valence-electron chi connectivity index (χ1n) is 9.67. The third-order valence-electron chi connectivity index (χ3n) is 5.11. The molecule has 5 nitrogen and oxygen atoms in total. The first-order valence-corrected chi connectivity index (χ1v) is 13.1. The van der Waals surface area contributed by atoms with Crippen LogP contribution in [0.2, 0.25) is 0 Å². The first kappa shape index (κ1) is 20.6. The summed E-state index contributed by atoms with van der Waals surface area (Å²) in [6, 6.07) is 12.9. The van der Waals surface area contributed by atoms with E-state index >= 15 is 0 Å². The van der Waals surface area contributed by atoms with Crippen LogP contribution in [0, 0.1) is 5.92 Å². The molecule has 0 bridgehead atoms. The normalized spacial score (nSPS) is 19.7. The predicted molar refractivity (Wildman–Crippen MR) is 121 cm³/mol. The highest BCUT2D eigenvalue weighted by Gasteiger charge is 2.32. The number of nitrogens with zero attached hydrogens (tertiary/aromatic N) is 2. The Morgan fingerprint density at radius 2 is 1.83 bits per heavy atom. The Balaban J connectivity index is 1.81. The zero-order chi connectivity index (χ0) is 20.6. The monoisotopic (exact) mass is 448 g/mol. The van der Waals surface area contributed by atoms with Crippen LogP contribution in [0.1, 0.15) is 20.3 Å². The minimum Gasteiger partial charge on any atom is -0.311 e. The average Bonchev–Trinajstić information content (AvgIpc) is 3.02. The molecule has 2 aromatic carbocycles. The fourth-order valence-electron chi connectivity index (χ4n) is 3.65. The summed E-state index contributed by atoms with van der Waals surface area (Å²) in [5.41, 5.74) is 1.43. The second kappa shape index (κ2) is 8.24. The Morgan fingerprint density at radius 3 is 2.62 bits per heavy atom. The van der Waals surface area contributed by atoms with Crippen molar-refractivity contribution in [2.24, 2.45) is 5.92 Å². The number of thioether (sulfide) groups is 2. The van der Waals surface area contributed by atoms with Crippen LogP contribution < -0.4 is 9.21 Å². The van der Waals surface area contributed by atoms with Crippen LogP contribution >= 0.6 is 23.5 Å². The van der Waals surface area contributed by atoms with Crippen molar-refractivity contribution in [3.05, 3.63) is 42.5 Å². The Hall–Kier alpha value is -1.64. The van der Waals surface area contributed by atoms with Gasteiger partial charge in [-0.2, -0.15) is 0 Å². The molecule has 2 aliphatic heterocycles. The van der Waals surface area contributed by atoms with E-state index in [1.165, 1.54) is 11.2 Å². The molecule has 8 heteroatoms. The molecule has 0 aromatic heterocycles. The summed E-state index contributed by atoms with van der Waals surface area (Å²) < 4.78 is 28.9. The minimum absolute atomic E-state index is 0.0616. The van der Waals surface area contributed by atoms with E-state index in [2.05, 4.69) is 6.92 Å². The van der Waals surface area contributed by atoms with Crippen molar-refractivity contribution in [3.8, 4) is 0 Å². The summed E-state index contributed by atoms with van der Waals surface area (Å²) in [5.74, 6) is 1.96. The second-order valence-corrected chi connectivity index (χ2v) is 11.5. The van der Waals surface area contributed by atoms with Gasteiger partial charge in [-0.1, -0.05) is 19.1 Å². The molecule has 1 amide bonds. The van der Waals surface area contributed by atoms with Gasteiger partial charge in [-0.25, -0.2) is 8.42 Å². The molecule has 0 N–H and O–H groups in total. The highest BCUT2D eigenvalue weighted by molar-refractivity contribution is 8.00. The number of carbonyl (C=O) groups is 1. The van der Waals surface area contributed by atoms with Crippen molar-refractivity contribution >= 4 is 50.8 Å². The fourth-order valence-corrected chi connectivity index (χ4v) is 7.38. The van der Waals surface area contributed by atoms with Gasteiger partial charge in [0, 0.05) is 35.6 Å². The SMILES string of the molecule is CC(=O)N1CCCSc2ccc(S(=O)(=O)N3C[C@H](C)CSc4ccccc43)cc21. The zero-order valence-electron chi connectivity index (χ0n) is 16.5. The van der Waals surface area contributed by atoms with E-state index in [-0.39, 0.29) is 16.7 Å². The van der Waals surface area contributed by atoms with E-state index in [1.54, 1.807) is 40.6 Å². The Labute approximate surface area is 180 Å². The molecule has 0 aliphatic carbocycles. The summed E-state index contributed by atoms with van der Waals surface area (Å²) in [6.45, 7) is 4.66. The molecule has 0 saturated carbocycles. The number of sulfonamides is 1. The van der Waals surface area contributed by atoms with E-state index < -0.39 is 10.0 Å². The molecule has 29 heavy (non-hydrogen) atoms. The molecule has 0 unspecified atom stereocenters. The van der Waals surface area contributed by atoms with Gasteiger partial charge in [0.05, 0.1) is 16.3 Å². The van der Waals surface area contributed by atoms with Crippen LogP contribution in [-0.2, 0) is 14.8 Å². The van der Waals surface area contributed by atoms with E-state index in [0.29, 0.717) is 18.8 Å². The molecule has 0 radical (unpaired) electrons. The van der Waals surface area contributed by atoms with Gasteiger partial charge in [0.15, 0.2) is 0 Å². The number of fused-ring (bicyclic) bond motifs is 2. The summed E-state index contributed by atoms with van der Waals surface area (Å²) in [7, 11) is -3.75. The van der Waals surface area contributed by atoms with Gasteiger partial charge in [-0.05, 0) is 48.4 Å². The van der Waals surface area contributed by atoms with Crippen LogP contribution in [0.3, 0.4) is 0 Å². The second-order valence-electron chi connectivity index (χ2n) is 7.42. The molecule has 0 fully saturated rings. The number of hydrogen-bond acceptors (Lipinski definition) is 5. The van der Waals surface area contributed by atoms with Gasteiger partial charge < -0.3 is 4.90 Å². The number of amides is 1. The van der Waals surface area contributed by atoms with Gasteiger partial charge in [0.2, 0.25) is 5.91 Å². The van der Waals surface area contributed by atoms with Crippen LogP contribution in [0.25, 0.3) is 0 Å². The van der Waals surface area contributed by atoms with E-state index in [9.17, 15) is 13.2 Å². The molecule has 0 saturated heterocycles. The van der Waals surface area contributed by atoms with Crippen molar-refractivity contribution in [3.63, 3.8) is 0 Å². The molecule has 0 spiro atoms. The van der Waals surface area contributed by atoms with E-state index in [0.717, 1.165) is 33.4 Å². The highest BCUT2D eigenvalue weighted by atomic mass is 32.2. The van der Waals surface area contributed by atoms with Gasteiger partial charge in [0.25, 0.3) is 10.0 Å². The minimum atomic E-state index is -3.75. The maximum Gasteiger partial charge on any atom is 0.264 e. The summed E-state index contributed by atoms with van der Waals surface area (Å²) in [6.07, 6.45) is 0.884. The van der Waals surface area contributed by atoms with Crippen molar-refractivity contribution in [1.29, 1.82) is 0 Å². The van der Waals surface area contributed by atoms with Gasteiger partial charge in [0.1, 0.15) is 0 Å². The van der Waals surface area contributed by atoms with Crippen LogP contribution in [0.4, 0.5) is 11.4 Å². The van der Waals surface area contributed by atoms with Gasteiger partial charge in [-0.15, -0.1) is 23.5 Å². The number of benzene rings is 2. The number of hydrogen-bond donors (Lipinski definition) is 0. The maximum atomic E-state index is 13.7. The largest absolute Gasteiger partial charge is 0.311 e. The Bertz CT molecular complexity index is 1040. The highest BCUT2D eigenvalue weighted by Crippen LogP contribution is 2.40. The molecule has 1 atom stereocenters. The van der Waals surface area contributed by atoms with Crippen LogP contribution in [0.5, 0.6) is 0 Å². The number of carbonyl (C=O) groups excluding carboxylic acids is 1. The molecule has 2 heterocycles. The third-order valence-corrected chi connectivity index (χ3v) is 9.42. The molecular formula is C21H24N2O3S3. The standard InChI is InChI=1S/C21H24N2O3S3/c1-15-13-23(18-6-3-4-7-20(18)28-14-15)29(25,26)17-8-9-21-19(12-17)22(16(2)24)10-5-11-27-21/h3-4,6-9,12,15H,5,10-11,13-14H2,1-2H3/t15-/m0/s1. The van der Waals surface area contributed by atoms with Crippen LogP contribution in [0.15, 0.2) is 57.2 Å². The van der Waals surface area contributed by atoms with E-state index in [4.69, 9.17) is 0 Å². The summed E-state index contributed by atoms with van der Waals surface area (Å²) >= 11 is 3.37. The van der Waals surface area contributed by atoms with Gasteiger partial charge in [-0.3, -0.25) is 9.10 Å². The molecule has 2 aromatic rings. The lowest BCUT2D eigenvalue weighted by Gasteiger charge is -2.27. The number of rotatable bonds is 2. The van der Waals surface area contributed by atoms with E-state index in [1.807, 2.05) is 30.3 Å². The lowest BCUT2D eigenvalue weighted by Crippen LogP contribution is -2.35. The molecular weight excluding hydrogens is 424 g/mol. The predicted octanol–water partition coefficient (Wildman–Crippen LogP) is 4.47. The lowest BCUT2D eigenvalue weighted by molar-refractivity contribution is -0.116. The zero-order valence-corrected chi connectivity index (χ0v) is 18.9. The number of anilines is 2. The lowest BCUT2D eigenvalue weighted by atomic mass is 10.2. The average molecular weight is 449 g/mol. The van der Waals surface area contributed by atoms with Crippen molar-refractivity contribution in [1.82, 2.24) is 0 Å². The summed E-state index contributed by atoms with van der Waals surface area (Å²) in [4.78, 5) is 16.1. The maximum absolute atomic E-state index is 13.7. The quantitative estimate of drug-likeness (QED) is 0.678. The van der Waals surface area contributed by atoms with Crippen molar-refractivity contribution in [2.75, 3.05) is 33.8 Å². The molecule has 2 aliphatic rings. The first-order chi connectivity index (χ1) is 13.9. The Morgan fingerprint density at radius 1 is 1.07 bits per heavy atom. The fraction of sp³-hybridized carbons (Fsp3) is 0.381. The topological polar surface area (TPSA) is 57.7 Å². The smallest absolute Gasteiger partial charge is 0.264 e. The molecule has 4 rings (SSSR count). The Kier molecular flexibility index (Phi) is 5.86.